The van der Waals surface area contributed by atoms with Gasteiger partial charge >= 0.3 is 0 Å². The molecule has 0 amide bonds. The fourth-order valence-corrected chi connectivity index (χ4v) is 4.29. The van der Waals surface area contributed by atoms with E-state index in [9.17, 15) is 9.59 Å². The van der Waals surface area contributed by atoms with Crippen LogP contribution in [0.5, 0.6) is 0 Å². The van der Waals surface area contributed by atoms with Crippen molar-refractivity contribution in [3.63, 3.8) is 0 Å². The highest BCUT2D eigenvalue weighted by Gasteiger charge is 2.16. The molecular weight excluding hydrogens is 376 g/mol. The van der Waals surface area contributed by atoms with Crippen LogP contribution in [0.4, 0.5) is 0 Å². The van der Waals surface area contributed by atoms with Crippen LogP contribution in [0.25, 0.3) is 11.0 Å². The number of aryl methyl sites for hydroxylation is 1. The highest BCUT2D eigenvalue weighted by Crippen LogP contribution is 2.18. The fourth-order valence-electron chi connectivity index (χ4n) is 3.51. The zero-order valence-corrected chi connectivity index (χ0v) is 16.7. The molecule has 2 N–H and O–H groups in total. The van der Waals surface area contributed by atoms with E-state index in [0.29, 0.717) is 28.8 Å². The number of fused-ring (bicyclic) bond motifs is 1. The molecule has 0 atom stereocenters. The van der Waals surface area contributed by atoms with Gasteiger partial charge in [0.25, 0.3) is 5.56 Å². The van der Waals surface area contributed by atoms with Crippen LogP contribution < -0.4 is 10.9 Å². The maximum atomic E-state index is 12.2. The molecule has 0 unspecified atom stereocenters. The summed E-state index contributed by atoms with van der Waals surface area (Å²) in [5.41, 5.74) is 1.90. The maximum absolute atomic E-state index is 12.2. The minimum atomic E-state index is -0.408. The smallest absolute Gasteiger partial charge is 0.260 e. The van der Waals surface area contributed by atoms with Gasteiger partial charge in [0, 0.05) is 49.7 Å². The Balaban J connectivity index is 1.54. The minimum absolute atomic E-state index is 0.168. The lowest BCUT2D eigenvalue weighted by atomic mass is 10.1. The van der Waals surface area contributed by atoms with Crippen LogP contribution in [0.2, 0.25) is 0 Å². The Labute approximate surface area is 166 Å². The SMILES string of the molecule is CC(=O)c1c(C)c2cnc(Cc3nc(CN4CCNCC4)cs3)nc2[nH]c1=O. The molecule has 0 bridgehead atoms. The van der Waals surface area contributed by atoms with Crippen LogP contribution in [0.15, 0.2) is 16.4 Å². The Bertz CT molecular complexity index is 1080. The summed E-state index contributed by atoms with van der Waals surface area (Å²) in [5, 5.41) is 7.07. The first-order chi connectivity index (χ1) is 13.5. The number of thiazole rings is 1. The van der Waals surface area contributed by atoms with E-state index in [1.165, 1.54) is 6.92 Å². The average Bonchev–Trinajstić information content (AvgIpc) is 3.08. The lowest BCUT2D eigenvalue weighted by Crippen LogP contribution is -2.42. The molecule has 0 aliphatic carbocycles. The topological polar surface area (TPSA) is 104 Å². The Hall–Kier alpha value is -2.49. The molecular formula is C19H22N6O2S. The van der Waals surface area contributed by atoms with Gasteiger partial charge in [-0.2, -0.15) is 0 Å². The zero-order chi connectivity index (χ0) is 19.7. The van der Waals surface area contributed by atoms with Gasteiger partial charge in [0.15, 0.2) is 5.78 Å². The van der Waals surface area contributed by atoms with Crippen LogP contribution in [0.1, 0.15) is 39.4 Å². The average molecular weight is 398 g/mol. The van der Waals surface area contributed by atoms with Crippen LogP contribution in [0, 0.1) is 6.92 Å². The maximum Gasteiger partial charge on any atom is 0.260 e. The number of nitrogens with one attached hydrogen (secondary N) is 2. The van der Waals surface area contributed by atoms with Crippen LogP contribution in [-0.2, 0) is 13.0 Å². The molecule has 8 nitrogen and oxygen atoms in total. The fraction of sp³-hybridized carbons (Fsp3) is 0.421. The largest absolute Gasteiger partial charge is 0.314 e. The van der Waals surface area contributed by atoms with Crippen molar-refractivity contribution in [1.29, 1.82) is 0 Å². The number of carbonyl (C=O) groups excluding carboxylic acids is 1. The number of hydrogen-bond acceptors (Lipinski definition) is 8. The van der Waals surface area contributed by atoms with Gasteiger partial charge in [-0.05, 0) is 19.4 Å². The number of H-pyrrole nitrogens is 1. The van der Waals surface area contributed by atoms with E-state index in [4.69, 9.17) is 4.98 Å². The third-order valence-electron chi connectivity index (χ3n) is 4.93. The predicted octanol–water partition coefficient (Wildman–Crippen LogP) is 1.28. The van der Waals surface area contributed by atoms with E-state index in [0.717, 1.165) is 43.4 Å². The third kappa shape index (κ3) is 3.87. The number of ketones is 1. The summed E-state index contributed by atoms with van der Waals surface area (Å²) < 4.78 is 0. The molecule has 3 aromatic rings. The first-order valence-corrected chi connectivity index (χ1v) is 10.1. The third-order valence-corrected chi connectivity index (χ3v) is 5.83. The Kier molecular flexibility index (Phi) is 5.29. The highest BCUT2D eigenvalue weighted by atomic mass is 32.1. The van der Waals surface area contributed by atoms with E-state index in [2.05, 4.69) is 30.5 Å². The minimum Gasteiger partial charge on any atom is -0.314 e. The number of pyridine rings is 1. The summed E-state index contributed by atoms with van der Waals surface area (Å²) in [6.45, 7) is 8.11. The number of aromatic amines is 1. The van der Waals surface area contributed by atoms with E-state index in [1.807, 2.05) is 0 Å². The number of rotatable bonds is 5. The van der Waals surface area contributed by atoms with Gasteiger partial charge in [0.1, 0.15) is 16.5 Å². The van der Waals surface area contributed by atoms with Crippen LogP contribution in [-0.4, -0.2) is 56.8 Å². The summed E-state index contributed by atoms with van der Waals surface area (Å²) in [6.07, 6.45) is 2.18. The second-order valence-electron chi connectivity index (χ2n) is 6.99. The molecule has 146 valence electrons. The number of hydrogen-bond donors (Lipinski definition) is 2. The van der Waals surface area contributed by atoms with Crippen molar-refractivity contribution in [2.24, 2.45) is 0 Å². The normalized spacial score (nSPS) is 15.2. The molecule has 9 heteroatoms. The van der Waals surface area contributed by atoms with Gasteiger partial charge in [-0.3, -0.25) is 14.5 Å². The van der Waals surface area contributed by atoms with Crippen LogP contribution in [0.3, 0.4) is 0 Å². The van der Waals surface area contributed by atoms with Crippen molar-refractivity contribution in [2.45, 2.75) is 26.8 Å². The predicted molar refractivity (Wildman–Crippen MR) is 108 cm³/mol. The van der Waals surface area contributed by atoms with Crippen molar-refractivity contribution < 1.29 is 4.79 Å². The van der Waals surface area contributed by atoms with Gasteiger partial charge in [0.05, 0.1) is 17.7 Å². The summed E-state index contributed by atoms with van der Waals surface area (Å²) in [7, 11) is 0. The Morgan fingerprint density at radius 3 is 2.82 bits per heavy atom. The molecule has 4 heterocycles. The van der Waals surface area contributed by atoms with Gasteiger partial charge in [-0.25, -0.2) is 15.0 Å². The van der Waals surface area contributed by atoms with Gasteiger partial charge in [-0.15, -0.1) is 11.3 Å². The summed E-state index contributed by atoms with van der Waals surface area (Å²) in [5.74, 6) is 0.339. The molecule has 1 fully saturated rings. The van der Waals surface area contributed by atoms with E-state index in [1.54, 1.807) is 24.5 Å². The molecule has 1 saturated heterocycles. The zero-order valence-electron chi connectivity index (χ0n) is 15.9. The number of Topliss-reactive ketones (excluding diaryl/α,β-unsaturated/α-hetero) is 1. The first kappa shape index (κ1) is 18.9. The Morgan fingerprint density at radius 2 is 2.07 bits per heavy atom. The first-order valence-electron chi connectivity index (χ1n) is 9.27. The van der Waals surface area contributed by atoms with Crippen molar-refractivity contribution in [3.05, 3.63) is 49.6 Å². The monoisotopic (exact) mass is 398 g/mol. The molecule has 3 aromatic heterocycles. The highest BCUT2D eigenvalue weighted by molar-refractivity contribution is 7.09. The molecule has 1 aliphatic rings. The van der Waals surface area contributed by atoms with Crippen molar-refractivity contribution >= 4 is 28.2 Å². The Morgan fingerprint density at radius 1 is 1.29 bits per heavy atom. The number of carbonyl (C=O) groups is 1. The molecule has 4 rings (SSSR count). The number of nitrogens with zero attached hydrogens (tertiary/aromatic N) is 4. The molecule has 0 saturated carbocycles. The van der Waals surface area contributed by atoms with Gasteiger partial charge in [-0.1, -0.05) is 0 Å². The lowest BCUT2D eigenvalue weighted by Gasteiger charge is -2.26. The summed E-state index contributed by atoms with van der Waals surface area (Å²) >= 11 is 1.60. The summed E-state index contributed by atoms with van der Waals surface area (Å²) in [6, 6.07) is 0. The molecule has 28 heavy (non-hydrogen) atoms. The molecule has 0 spiro atoms. The van der Waals surface area contributed by atoms with Crippen molar-refractivity contribution in [3.8, 4) is 0 Å². The molecule has 0 aromatic carbocycles. The second-order valence-corrected chi connectivity index (χ2v) is 7.94. The van der Waals surface area contributed by atoms with Crippen molar-refractivity contribution in [1.82, 2.24) is 30.2 Å². The van der Waals surface area contributed by atoms with Crippen LogP contribution >= 0.6 is 11.3 Å². The number of piperazine rings is 1. The second kappa shape index (κ2) is 7.86. The molecule has 1 aliphatic heterocycles. The number of aromatic nitrogens is 4. The van der Waals surface area contributed by atoms with Gasteiger partial charge < -0.3 is 10.3 Å². The summed E-state index contributed by atoms with van der Waals surface area (Å²) in [4.78, 5) is 42.6. The standard InChI is InChI=1S/C19H22N6O2S/c1-11-14-8-21-15(23-18(14)24-19(27)17(11)12(2)26)7-16-22-13(10-28-16)9-25-5-3-20-4-6-25/h8,10,20H,3-7,9H2,1-2H3,(H,21,23,24,27). The quantitative estimate of drug-likeness (QED) is 0.624. The molecule has 0 radical (unpaired) electrons. The van der Waals surface area contributed by atoms with Crippen molar-refractivity contribution in [2.75, 3.05) is 26.2 Å². The lowest BCUT2D eigenvalue weighted by molar-refractivity contribution is 0.101. The van der Waals surface area contributed by atoms with Gasteiger partial charge in [0.2, 0.25) is 0 Å². The van der Waals surface area contributed by atoms with E-state index >= 15 is 0 Å². The van der Waals surface area contributed by atoms with E-state index in [-0.39, 0.29) is 11.3 Å². The van der Waals surface area contributed by atoms with E-state index < -0.39 is 5.56 Å².